The fourth-order valence-corrected chi connectivity index (χ4v) is 3.60. The van der Waals surface area contributed by atoms with Crippen LogP contribution in [0.5, 0.6) is 0 Å². The van der Waals surface area contributed by atoms with Gasteiger partial charge in [0.2, 0.25) is 0 Å². The van der Waals surface area contributed by atoms with E-state index in [1.54, 1.807) is 17.0 Å². The van der Waals surface area contributed by atoms with Gasteiger partial charge >= 0.3 is 6.18 Å². The second-order valence-electron chi connectivity index (χ2n) is 7.46. The number of hydrogen-bond acceptors (Lipinski definition) is 6. The highest BCUT2D eigenvalue weighted by Gasteiger charge is 2.36. The smallest absolute Gasteiger partial charge is 0.337 e. The average molecular weight is 491 g/mol. The van der Waals surface area contributed by atoms with Crippen molar-refractivity contribution in [1.82, 2.24) is 20.1 Å². The number of carbonyl (C=O) groups excluding carboxylic acids is 2. The minimum atomic E-state index is -4.63. The molecule has 34 heavy (non-hydrogen) atoms. The third-order valence-corrected chi connectivity index (χ3v) is 5.35. The number of nitrogens with zero attached hydrogens (tertiary/aromatic N) is 5. The molecule has 1 saturated heterocycles. The number of rotatable bonds is 4. The third kappa shape index (κ3) is 5.25. The number of amides is 2. The van der Waals surface area contributed by atoms with Crippen LogP contribution in [0.1, 0.15) is 32.8 Å². The number of pyridine rings is 1. The van der Waals surface area contributed by atoms with E-state index >= 15 is 0 Å². The lowest BCUT2D eigenvalue weighted by molar-refractivity contribution is -0.138. The Hall–Kier alpha value is -3.73. The summed E-state index contributed by atoms with van der Waals surface area (Å²) in [5, 5.41) is 11.0. The van der Waals surface area contributed by atoms with Crippen molar-refractivity contribution in [3.8, 4) is 0 Å². The number of anilines is 2. The molecule has 2 aromatic heterocycles. The van der Waals surface area contributed by atoms with E-state index in [0.717, 1.165) is 6.07 Å². The summed E-state index contributed by atoms with van der Waals surface area (Å²) in [5.74, 6) is -0.544. The number of nitrogens with one attached hydrogen (secondary N) is 1. The van der Waals surface area contributed by atoms with E-state index in [4.69, 9.17) is 11.6 Å². The summed E-state index contributed by atoms with van der Waals surface area (Å²) in [6, 6.07) is 10.9. The van der Waals surface area contributed by atoms with Gasteiger partial charge in [-0.25, -0.2) is 4.98 Å². The first kappa shape index (κ1) is 23.4. The lowest BCUT2D eigenvalue weighted by Gasteiger charge is -2.36. The second kappa shape index (κ2) is 9.64. The Morgan fingerprint density at radius 1 is 1.00 bits per heavy atom. The number of hydrogen-bond donors (Lipinski definition) is 1. The molecule has 12 heteroatoms. The largest absolute Gasteiger partial charge is 0.417 e. The maximum Gasteiger partial charge on any atom is 0.417 e. The molecule has 4 rings (SSSR count). The van der Waals surface area contributed by atoms with Gasteiger partial charge in [-0.05, 0) is 42.8 Å². The predicted octanol–water partition coefficient (Wildman–Crippen LogP) is 4.11. The summed E-state index contributed by atoms with van der Waals surface area (Å²) in [4.78, 5) is 32.3. The molecule has 1 N–H and O–H groups in total. The monoisotopic (exact) mass is 490 g/mol. The molecule has 2 amide bonds. The molecule has 0 radical (unpaired) electrons. The molecule has 176 valence electrons. The molecule has 1 aliphatic heterocycles. The van der Waals surface area contributed by atoms with Crippen molar-refractivity contribution >= 4 is 35.1 Å². The standard InChI is InChI=1S/C22H18ClF3N6O2/c23-14-6-8-18(27-12-14)28-20(33)17-7-9-19(30-29-17)31-10-3-11-32(13-31)21(34)15-4-1-2-5-16(15)22(24,25)26/h1-2,4-9,12H,3,10-11,13H2,(H,27,28,33). The van der Waals surface area contributed by atoms with E-state index in [1.807, 2.05) is 0 Å². The Morgan fingerprint density at radius 3 is 2.47 bits per heavy atom. The second-order valence-corrected chi connectivity index (χ2v) is 7.90. The van der Waals surface area contributed by atoms with E-state index in [0.29, 0.717) is 36.2 Å². The Bertz CT molecular complexity index is 1190. The van der Waals surface area contributed by atoms with Crippen LogP contribution >= 0.6 is 11.6 Å². The SMILES string of the molecule is O=C(Nc1ccc(Cl)cn1)c1ccc(N2CCCN(C(=O)c3ccccc3C(F)(F)F)C2)nn1. The zero-order valence-electron chi connectivity index (χ0n) is 17.6. The Labute approximate surface area is 197 Å². The van der Waals surface area contributed by atoms with E-state index < -0.39 is 29.1 Å². The first-order valence-corrected chi connectivity index (χ1v) is 10.6. The molecule has 0 atom stereocenters. The maximum absolute atomic E-state index is 13.3. The van der Waals surface area contributed by atoms with Gasteiger partial charge in [0, 0.05) is 19.3 Å². The molecule has 3 heterocycles. The average Bonchev–Trinajstić information content (AvgIpc) is 2.84. The van der Waals surface area contributed by atoms with Gasteiger partial charge in [0.15, 0.2) is 11.5 Å². The molecule has 1 aliphatic rings. The molecule has 0 spiro atoms. The fourth-order valence-electron chi connectivity index (χ4n) is 3.48. The van der Waals surface area contributed by atoms with Crippen LogP contribution in [0, 0.1) is 0 Å². The molecule has 0 aliphatic carbocycles. The highest BCUT2D eigenvalue weighted by Crippen LogP contribution is 2.32. The topological polar surface area (TPSA) is 91.3 Å². The van der Waals surface area contributed by atoms with Crippen molar-refractivity contribution in [2.75, 3.05) is 30.0 Å². The van der Waals surface area contributed by atoms with Gasteiger partial charge in [-0.1, -0.05) is 23.7 Å². The molecule has 0 unspecified atom stereocenters. The van der Waals surface area contributed by atoms with E-state index in [9.17, 15) is 22.8 Å². The van der Waals surface area contributed by atoms with E-state index in [2.05, 4.69) is 20.5 Å². The van der Waals surface area contributed by atoms with Crippen LogP contribution in [0.4, 0.5) is 24.8 Å². The van der Waals surface area contributed by atoms with Crippen LogP contribution in [0.15, 0.2) is 54.7 Å². The zero-order chi connectivity index (χ0) is 24.3. The third-order valence-electron chi connectivity index (χ3n) is 5.12. The van der Waals surface area contributed by atoms with Gasteiger partial charge < -0.3 is 15.1 Å². The van der Waals surface area contributed by atoms with Crippen molar-refractivity contribution in [2.24, 2.45) is 0 Å². The summed E-state index contributed by atoms with van der Waals surface area (Å²) >= 11 is 5.77. The summed E-state index contributed by atoms with van der Waals surface area (Å²) in [6.45, 7) is 0.878. The number of alkyl halides is 3. The molecule has 3 aromatic rings. The number of carbonyl (C=O) groups is 2. The summed E-state index contributed by atoms with van der Waals surface area (Å²) in [7, 11) is 0. The quantitative estimate of drug-likeness (QED) is 0.592. The van der Waals surface area contributed by atoms with Crippen LogP contribution in [0.3, 0.4) is 0 Å². The van der Waals surface area contributed by atoms with Gasteiger partial charge in [0.05, 0.1) is 22.8 Å². The Morgan fingerprint density at radius 2 is 1.79 bits per heavy atom. The number of aromatic nitrogens is 3. The minimum Gasteiger partial charge on any atom is -0.337 e. The maximum atomic E-state index is 13.3. The molecular weight excluding hydrogens is 473 g/mol. The normalized spacial score (nSPS) is 14.1. The Balaban J connectivity index is 1.45. The van der Waals surface area contributed by atoms with Gasteiger partial charge in [-0.3, -0.25) is 9.59 Å². The lowest BCUT2D eigenvalue weighted by atomic mass is 10.1. The van der Waals surface area contributed by atoms with Crippen molar-refractivity contribution in [3.63, 3.8) is 0 Å². The van der Waals surface area contributed by atoms with Crippen LogP contribution in [-0.4, -0.2) is 51.7 Å². The highest BCUT2D eigenvalue weighted by atomic mass is 35.5. The van der Waals surface area contributed by atoms with Crippen LogP contribution in [0.2, 0.25) is 5.02 Å². The fraction of sp³-hybridized carbons (Fsp3) is 0.227. The molecule has 0 saturated carbocycles. The summed E-state index contributed by atoms with van der Waals surface area (Å²) in [6.07, 6.45) is -2.71. The van der Waals surface area contributed by atoms with Crippen molar-refractivity contribution in [2.45, 2.75) is 12.6 Å². The molecular formula is C22H18ClF3N6O2. The van der Waals surface area contributed by atoms with Gasteiger partial charge in [0.1, 0.15) is 5.82 Å². The summed E-state index contributed by atoms with van der Waals surface area (Å²) < 4.78 is 40.0. The lowest BCUT2D eigenvalue weighted by Crippen LogP contribution is -2.48. The first-order chi connectivity index (χ1) is 16.2. The molecule has 1 fully saturated rings. The van der Waals surface area contributed by atoms with Crippen molar-refractivity contribution in [1.29, 1.82) is 0 Å². The summed E-state index contributed by atoms with van der Waals surface area (Å²) in [5.41, 5.74) is -1.32. The minimum absolute atomic E-state index is 0.0416. The van der Waals surface area contributed by atoms with E-state index in [-0.39, 0.29) is 12.4 Å². The number of halogens is 4. The molecule has 1 aromatic carbocycles. The van der Waals surface area contributed by atoms with Crippen molar-refractivity contribution < 1.29 is 22.8 Å². The number of benzene rings is 1. The van der Waals surface area contributed by atoms with Crippen LogP contribution < -0.4 is 10.2 Å². The molecule has 8 nitrogen and oxygen atoms in total. The Kier molecular flexibility index (Phi) is 6.64. The van der Waals surface area contributed by atoms with E-state index in [1.165, 1.54) is 41.4 Å². The van der Waals surface area contributed by atoms with Gasteiger partial charge in [0.25, 0.3) is 11.8 Å². The highest BCUT2D eigenvalue weighted by molar-refractivity contribution is 6.30. The first-order valence-electron chi connectivity index (χ1n) is 10.2. The van der Waals surface area contributed by atoms with Gasteiger partial charge in [-0.15, -0.1) is 10.2 Å². The van der Waals surface area contributed by atoms with Gasteiger partial charge in [-0.2, -0.15) is 13.2 Å². The van der Waals surface area contributed by atoms with Crippen LogP contribution in [-0.2, 0) is 6.18 Å². The zero-order valence-corrected chi connectivity index (χ0v) is 18.3. The van der Waals surface area contributed by atoms with Crippen LogP contribution in [0.25, 0.3) is 0 Å². The van der Waals surface area contributed by atoms with Crippen molar-refractivity contribution in [3.05, 3.63) is 76.6 Å². The predicted molar refractivity (Wildman–Crippen MR) is 119 cm³/mol. The molecule has 0 bridgehead atoms.